The summed E-state index contributed by atoms with van der Waals surface area (Å²) < 4.78 is 7.30. The Morgan fingerprint density at radius 3 is 3.00 bits per heavy atom. The van der Waals surface area contributed by atoms with Gasteiger partial charge in [0.25, 0.3) is 0 Å². The highest BCUT2D eigenvalue weighted by molar-refractivity contribution is 5.38. The summed E-state index contributed by atoms with van der Waals surface area (Å²) >= 11 is 0. The van der Waals surface area contributed by atoms with Crippen LogP contribution < -0.4 is 16.0 Å². The molecule has 1 aromatic heterocycles. The molecule has 3 rings (SSSR count). The first-order chi connectivity index (χ1) is 10.3. The molecule has 5 nitrogen and oxygen atoms in total. The Balaban J connectivity index is 2.03. The minimum Gasteiger partial charge on any atom is -0.493 e. The number of benzene rings is 1. The van der Waals surface area contributed by atoms with E-state index in [1.807, 2.05) is 11.7 Å². The fraction of sp³-hybridized carbons (Fsp3) is 0.438. The topological polar surface area (TPSA) is 65.1 Å². The van der Waals surface area contributed by atoms with Crippen molar-refractivity contribution in [2.75, 3.05) is 7.11 Å². The van der Waals surface area contributed by atoms with Crippen molar-refractivity contribution in [1.29, 1.82) is 0 Å². The molecule has 0 saturated heterocycles. The summed E-state index contributed by atoms with van der Waals surface area (Å²) in [6.07, 6.45) is 5.18. The highest BCUT2D eigenvalue weighted by Crippen LogP contribution is 2.42. The summed E-state index contributed by atoms with van der Waals surface area (Å²) in [5.74, 6) is 7.02. The summed E-state index contributed by atoms with van der Waals surface area (Å²) in [5.41, 5.74) is 6.80. The van der Waals surface area contributed by atoms with E-state index in [2.05, 4.69) is 34.8 Å². The molecular weight excluding hydrogens is 264 g/mol. The standard InChI is InChI=1S/C16H22N4O/c1-20-16(14(21-2)10-18-20)15(19-17)13-9-5-7-11-6-3-4-8-12(11)13/h3-4,6,8,10,13,15,19H,5,7,9,17H2,1-2H3. The van der Waals surface area contributed by atoms with Crippen LogP contribution in [0.2, 0.25) is 0 Å². The molecule has 5 heteroatoms. The number of ether oxygens (including phenoxy) is 1. The normalized spacial score (nSPS) is 19.1. The zero-order valence-corrected chi connectivity index (χ0v) is 12.5. The van der Waals surface area contributed by atoms with E-state index < -0.39 is 0 Å². The summed E-state index contributed by atoms with van der Waals surface area (Å²) in [6.45, 7) is 0. The molecule has 0 radical (unpaired) electrons. The largest absolute Gasteiger partial charge is 0.493 e. The first-order valence-corrected chi connectivity index (χ1v) is 7.36. The Labute approximate surface area is 125 Å². The van der Waals surface area contributed by atoms with Crippen LogP contribution in [0, 0.1) is 0 Å². The fourth-order valence-electron chi connectivity index (χ4n) is 3.46. The van der Waals surface area contributed by atoms with E-state index in [9.17, 15) is 0 Å². The number of aromatic nitrogens is 2. The number of hydrogen-bond acceptors (Lipinski definition) is 4. The van der Waals surface area contributed by atoms with Gasteiger partial charge in [-0.15, -0.1) is 0 Å². The van der Waals surface area contributed by atoms with Gasteiger partial charge in [0.1, 0.15) is 0 Å². The van der Waals surface area contributed by atoms with Crippen molar-refractivity contribution in [3.63, 3.8) is 0 Å². The van der Waals surface area contributed by atoms with Crippen LogP contribution in [0.3, 0.4) is 0 Å². The predicted octanol–water partition coefficient (Wildman–Crippen LogP) is 2.05. The van der Waals surface area contributed by atoms with E-state index in [0.717, 1.165) is 24.3 Å². The molecule has 0 spiro atoms. The molecular formula is C16H22N4O. The number of nitrogens with two attached hydrogens (primary N) is 1. The van der Waals surface area contributed by atoms with Gasteiger partial charge in [-0.1, -0.05) is 24.3 Å². The Kier molecular flexibility index (Phi) is 3.94. The van der Waals surface area contributed by atoms with Crippen molar-refractivity contribution < 1.29 is 4.74 Å². The first kappa shape index (κ1) is 14.1. The summed E-state index contributed by atoms with van der Waals surface area (Å²) in [6, 6.07) is 8.64. The van der Waals surface area contributed by atoms with Crippen molar-refractivity contribution in [2.24, 2.45) is 12.9 Å². The number of hydrazine groups is 1. The fourth-order valence-corrected chi connectivity index (χ4v) is 3.46. The second-order valence-electron chi connectivity index (χ2n) is 5.56. The van der Waals surface area contributed by atoms with E-state index in [-0.39, 0.29) is 6.04 Å². The highest BCUT2D eigenvalue weighted by Gasteiger charge is 2.32. The first-order valence-electron chi connectivity index (χ1n) is 7.36. The minimum absolute atomic E-state index is 0.00565. The third kappa shape index (κ3) is 2.43. The Morgan fingerprint density at radius 1 is 1.43 bits per heavy atom. The molecule has 0 saturated carbocycles. The third-order valence-corrected chi connectivity index (χ3v) is 4.46. The van der Waals surface area contributed by atoms with Crippen molar-refractivity contribution in [3.8, 4) is 5.75 Å². The molecule has 21 heavy (non-hydrogen) atoms. The van der Waals surface area contributed by atoms with Crippen molar-refractivity contribution in [1.82, 2.24) is 15.2 Å². The summed E-state index contributed by atoms with van der Waals surface area (Å²) in [4.78, 5) is 0. The van der Waals surface area contributed by atoms with E-state index in [0.29, 0.717) is 5.92 Å². The predicted molar refractivity (Wildman–Crippen MR) is 81.9 cm³/mol. The average molecular weight is 286 g/mol. The number of fused-ring (bicyclic) bond motifs is 1. The molecule has 1 aliphatic rings. The maximum Gasteiger partial charge on any atom is 0.161 e. The number of rotatable bonds is 4. The summed E-state index contributed by atoms with van der Waals surface area (Å²) in [5, 5.41) is 4.30. The maximum atomic E-state index is 5.90. The lowest BCUT2D eigenvalue weighted by Crippen LogP contribution is -2.35. The molecule has 0 fully saturated rings. The van der Waals surface area contributed by atoms with Crippen molar-refractivity contribution >= 4 is 0 Å². The van der Waals surface area contributed by atoms with Crippen LogP contribution in [0.15, 0.2) is 30.5 Å². The van der Waals surface area contributed by atoms with Gasteiger partial charge >= 0.3 is 0 Å². The molecule has 1 aromatic carbocycles. The number of nitrogens with zero attached hydrogens (tertiary/aromatic N) is 2. The van der Waals surface area contributed by atoms with Crippen LogP contribution >= 0.6 is 0 Å². The lowest BCUT2D eigenvalue weighted by atomic mass is 9.78. The molecule has 3 N–H and O–H groups in total. The molecule has 2 aromatic rings. The highest BCUT2D eigenvalue weighted by atomic mass is 16.5. The van der Waals surface area contributed by atoms with Gasteiger partial charge in [0.2, 0.25) is 0 Å². The number of nitrogens with one attached hydrogen (secondary N) is 1. The van der Waals surface area contributed by atoms with Gasteiger partial charge in [0.15, 0.2) is 5.75 Å². The minimum atomic E-state index is -0.00565. The van der Waals surface area contributed by atoms with Gasteiger partial charge in [-0.25, -0.2) is 0 Å². The van der Waals surface area contributed by atoms with E-state index in [1.54, 1.807) is 13.3 Å². The van der Waals surface area contributed by atoms with Crippen LogP contribution in [0.1, 0.15) is 41.6 Å². The monoisotopic (exact) mass is 286 g/mol. The molecule has 1 aliphatic carbocycles. The van der Waals surface area contributed by atoms with Crippen molar-refractivity contribution in [2.45, 2.75) is 31.2 Å². The zero-order valence-electron chi connectivity index (χ0n) is 12.5. The molecule has 1 heterocycles. The number of methoxy groups -OCH3 is 1. The maximum absolute atomic E-state index is 5.90. The van der Waals surface area contributed by atoms with Crippen LogP contribution in [0.5, 0.6) is 5.75 Å². The van der Waals surface area contributed by atoms with E-state index in [4.69, 9.17) is 10.6 Å². The number of aryl methyl sites for hydroxylation is 2. The Bertz CT molecular complexity index is 622. The summed E-state index contributed by atoms with van der Waals surface area (Å²) in [7, 11) is 3.60. The second-order valence-corrected chi connectivity index (χ2v) is 5.56. The molecule has 0 bridgehead atoms. The van der Waals surface area contributed by atoms with Gasteiger partial charge in [-0.3, -0.25) is 16.0 Å². The van der Waals surface area contributed by atoms with Crippen molar-refractivity contribution in [3.05, 3.63) is 47.3 Å². The average Bonchev–Trinajstić information content (AvgIpc) is 2.90. The van der Waals surface area contributed by atoms with Gasteiger partial charge in [-0.2, -0.15) is 5.10 Å². The third-order valence-electron chi connectivity index (χ3n) is 4.46. The smallest absolute Gasteiger partial charge is 0.161 e. The molecule has 2 atom stereocenters. The zero-order chi connectivity index (χ0) is 14.8. The molecule has 2 unspecified atom stereocenters. The van der Waals surface area contributed by atoms with E-state index in [1.165, 1.54) is 17.5 Å². The lowest BCUT2D eigenvalue weighted by molar-refractivity contribution is 0.359. The molecule has 112 valence electrons. The molecule has 0 amide bonds. The second kappa shape index (κ2) is 5.87. The Morgan fingerprint density at radius 2 is 2.24 bits per heavy atom. The number of hydrogen-bond donors (Lipinski definition) is 2. The Hall–Kier alpha value is -1.85. The van der Waals surface area contributed by atoms with Gasteiger partial charge in [-0.05, 0) is 30.4 Å². The van der Waals surface area contributed by atoms with Gasteiger partial charge < -0.3 is 4.74 Å². The van der Waals surface area contributed by atoms with Crippen LogP contribution in [-0.2, 0) is 13.5 Å². The SMILES string of the molecule is COc1cnn(C)c1C(NN)C1CCCc2ccccc21. The van der Waals surface area contributed by atoms with Crippen LogP contribution in [-0.4, -0.2) is 16.9 Å². The van der Waals surface area contributed by atoms with Crippen LogP contribution in [0.4, 0.5) is 0 Å². The van der Waals surface area contributed by atoms with Gasteiger partial charge in [0, 0.05) is 13.0 Å². The van der Waals surface area contributed by atoms with Crippen LogP contribution in [0.25, 0.3) is 0 Å². The lowest BCUT2D eigenvalue weighted by Gasteiger charge is -2.32. The quantitative estimate of drug-likeness (QED) is 0.667. The van der Waals surface area contributed by atoms with Gasteiger partial charge in [0.05, 0.1) is 25.0 Å². The van der Waals surface area contributed by atoms with E-state index >= 15 is 0 Å². The molecule has 0 aliphatic heterocycles.